The number of rotatable bonds is 10. The number of pyridine rings is 2. The van der Waals surface area contributed by atoms with E-state index in [1.807, 2.05) is 66.9 Å². The van der Waals surface area contributed by atoms with E-state index in [1.54, 1.807) is 6.07 Å². The smallest absolute Gasteiger partial charge is 0.137 e. The van der Waals surface area contributed by atoms with Gasteiger partial charge < -0.3 is 5.11 Å². The van der Waals surface area contributed by atoms with Crippen LogP contribution in [0.15, 0.2) is 219 Å². The predicted octanol–water partition coefficient (Wildman–Crippen LogP) is 13.6. The fourth-order valence-corrected chi connectivity index (χ4v) is 7.34. The monoisotopic (exact) mass is 733 g/mol. The number of anilines is 3. The van der Waals surface area contributed by atoms with Gasteiger partial charge in [-0.1, -0.05) is 146 Å². The van der Waals surface area contributed by atoms with E-state index < -0.39 is 0 Å². The Labute approximate surface area is 333 Å². The molecule has 0 saturated heterocycles. The first-order chi connectivity index (χ1) is 28.1. The van der Waals surface area contributed by atoms with Gasteiger partial charge in [0.05, 0.1) is 11.4 Å². The van der Waals surface area contributed by atoms with Crippen LogP contribution < -0.4 is 4.90 Å². The molecule has 9 aromatic rings. The third-order valence-electron chi connectivity index (χ3n) is 10.2. The number of hydrogen-bond acceptors (Lipinski definition) is 4. The lowest BCUT2D eigenvalue weighted by atomic mass is 9.95. The van der Waals surface area contributed by atoms with E-state index in [9.17, 15) is 5.11 Å². The van der Waals surface area contributed by atoms with Crippen molar-refractivity contribution in [3.63, 3.8) is 0 Å². The van der Waals surface area contributed by atoms with Crippen LogP contribution in [0.4, 0.5) is 17.2 Å². The summed E-state index contributed by atoms with van der Waals surface area (Å²) in [6.07, 6.45) is 2.70. The van der Waals surface area contributed by atoms with Crippen LogP contribution in [0.5, 0.6) is 5.75 Å². The zero-order valence-electron chi connectivity index (χ0n) is 31.3. The molecule has 4 nitrogen and oxygen atoms in total. The Bertz CT molecular complexity index is 2740. The van der Waals surface area contributed by atoms with Crippen LogP contribution in [0, 0.1) is 0 Å². The number of nitrogens with zero attached hydrogens (tertiary/aromatic N) is 3. The molecular weight excluding hydrogens is 695 g/mol. The number of benzene rings is 7. The third kappa shape index (κ3) is 7.84. The normalized spacial score (nSPS) is 10.9. The van der Waals surface area contributed by atoms with Gasteiger partial charge in [0.2, 0.25) is 0 Å². The first-order valence-corrected chi connectivity index (χ1v) is 19.2. The maximum atomic E-state index is 11.0. The molecule has 9 rings (SSSR count). The van der Waals surface area contributed by atoms with Crippen LogP contribution in [0.3, 0.4) is 0 Å². The lowest BCUT2D eigenvalue weighted by Gasteiger charge is -2.26. The minimum atomic E-state index is 0.187. The van der Waals surface area contributed by atoms with Gasteiger partial charge >= 0.3 is 0 Å². The van der Waals surface area contributed by atoms with Gasteiger partial charge in [-0.15, -0.1) is 0 Å². The molecule has 0 atom stereocenters. The van der Waals surface area contributed by atoms with Crippen LogP contribution in [0.1, 0.15) is 11.1 Å². The Kier molecular flexibility index (Phi) is 9.89. The molecule has 0 saturated carbocycles. The van der Waals surface area contributed by atoms with E-state index in [0.717, 1.165) is 68.3 Å². The quantitative estimate of drug-likeness (QED) is 0.152. The third-order valence-corrected chi connectivity index (χ3v) is 10.2. The lowest BCUT2D eigenvalue weighted by molar-refractivity contribution is 0.477. The van der Waals surface area contributed by atoms with E-state index in [-0.39, 0.29) is 5.75 Å². The molecule has 0 bridgehead atoms. The minimum Gasteiger partial charge on any atom is -0.507 e. The Hall–Kier alpha value is -7.56. The van der Waals surface area contributed by atoms with Gasteiger partial charge in [0.15, 0.2) is 0 Å². The molecule has 2 heterocycles. The average molecular weight is 734 g/mol. The van der Waals surface area contributed by atoms with Crippen molar-refractivity contribution in [2.24, 2.45) is 0 Å². The maximum Gasteiger partial charge on any atom is 0.137 e. The minimum absolute atomic E-state index is 0.187. The topological polar surface area (TPSA) is 49.2 Å². The van der Waals surface area contributed by atoms with Crippen molar-refractivity contribution in [1.82, 2.24) is 9.97 Å². The van der Waals surface area contributed by atoms with Crippen molar-refractivity contribution in [2.75, 3.05) is 4.90 Å². The largest absolute Gasteiger partial charge is 0.507 e. The van der Waals surface area contributed by atoms with Gasteiger partial charge in [-0.25, -0.2) is 9.97 Å². The summed E-state index contributed by atoms with van der Waals surface area (Å²) in [5.41, 5.74) is 14.1. The Morgan fingerprint density at radius 2 is 0.912 bits per heavy atom. The summed E-state index contributed by atoms with van der Waals surface area (Å²) >= 11 is 0. The van der Waals surface area contributed by atoms with Gasteiger partial charge in [0.25, 0.3) is 0 Å². The molecule has 0 spiro atoms. The van der Waals surface area contributed by atoms with E-state index in [1.165, 1.54) is 11.1 Å². The van der Waals surface area contributed by atoms with Crippen LogP contribution in [0.25, 0.3) is 55.9 Å². The van der Waals surface area contributed by atoms with Crippen molar-refractivity contribution < 1.29 is 5.11 Å². The Balaban J connectivity index is 1.23. The molecule has 0 unspecified atom stereocenters. The molecule has 4 heteroatoms. The number of phenolic OH excluding ortho intramolecular Hbond substituents is 1. The Morgan fingerprint density at radius 1 is 0.386 bits per heavy atom. The fraction of sp³-hybridized carbons (Fsp3) is 0.0189. The van der Waals surface area contributed by atoms with Crippen LogP contribution in [-0.4, -0.2) is 15.1 Å². The average Bonchev–Trinajstić information content (AvgIpc) is 3.28. The standard InChI is InChI=1S/C53H39N3O/c57-52-21-11-10-20-49(52)51-37-45(41-18-8-3-9-19-41)36-50(55-51)46-33-44(43-25-23-39(24-26-43)32-38-14-4-1-5-15-38)34-48(35-46)56(53-22-12-13-31-54-53)47-29-27-42(28-30-47)40-16-6-2-7-17-40/h1-31,33-37,57H,32H2. The highest BCUT2D eigenvalue weighted by Crippen LogP contribution is 2.41. The number of aromatic nitrogens is 2. The first kappa shape index (κ1) is 35.2. The summed E-state index contributed by atoms with van der Waals surface area (Å²) in [5, 5.41) is 11.0. The molecule has 0 amide bonds. The van der Waals surface area contributed by atoms with E-state index in [4.69, 9.17) is 9.97 Å². The lowest BCUT2D eigenvalue weighted by Crippen LogP contribution is -2.11. The van der Waals surface area contributed by atoms with Crippen molar-refractivity contribution in [3.05, 3.63) is 230 Å². The molecule has 272 valence electrons. The SMILES string of the molecule is Oc1ccccc1-c1cc(-c2ccccc2)cc(-c2cc(-c3ccc(Cc4ccccc4)cc3)cc(N(c3ccc(-c4ccccc4)cc3)c3ccccn3)c2)n1. The molecule has 0 aliphatic heterocycles. The van der Waals surface area contributed by atoms with E-state index in [2.05, 4.69) is 150 Å². The summed E-state index contributed by atoms with van der Waals surface area (Å²) in [5.74, 6) is 0.985. The fourth-order valence-electron chi connectivity index (χ4n) is 7.34. The van der Waals surface area contributed by atoms with Crippen LogP contribution in [0.2, 0.25) is 0 Å². The van der Waals surface area contributed by atoms with Gasteiger partial charge in [0, 0.05) is 28.7 Å². The summed E-state index contributed by atoms with van der Waals surface area (Å²) in [4.78, 5) is 12.3. The number of para-hydroxylation sites is 1. The van der Waals surface area contributed by atoms with Gasteiger partial charge in [-0.3, -0.25) is 4.90 Å². The van der Waals surface area contributed by atoms with Crippen LogP contribution >= 0.6 is 0 Å². The van der Waals surface area contributed by atoms with Crippen molar-refractivity contribution in [2.45, 2.75) is 6.42 Å². The van der Waals surface area contributed by atoms with Gasteiger partial charge in [0.1, 0.15) is 11.6 Å². The van der Waals surface area contributed by atoms with Crippen LogP contribution in [-0.2, 0) is 6.42 Å². The molecular formula is C53H39N3O. The number of hydrogen-bond donors (Lipinski definition) is 1. The van der Waals surface area contributed by atoms with Crippen molar-refractivity contribution in [1.29, 1.82) is 0 Å². The molecule has 57 heavy (non-hydrogen) atoms. The second-order valence-electron chi connectivity index (χ2n) is 14.1. The highest BCUT2D eigenvalue weighted by molar-refractivity contribution is 5.86. The molecule has 0 aliphatic carbocycles. The maximum absolute atomic E-state index is 11.0. The summed E-state index contributed by atoms with van der Waals surface area (Å²) < 4.78 is 0. The summed E-state index contributed by atoms with van der Waals surface area (Å²) in [6.45, 7) is 0. The molecule has 0 radical (unpaired) electrons. The second-order valence-corrected chi connectivity index (χ2v) is 14.1. The zero-order chi connectivity index (χ0) is 38.4. The first-order valence-electron chi connectivity index (χ1n) is 19.2. The second kappa shape index (κ2) is 16.0. The van der Waals surface area contributed by atoms with Crippen molar-refractivity contribution >= 4 is 17.2 Å². The van der Waals surface area contributed by atoms with Gasteiger partial charge in [-0.2, -0.15) is 0 Å². The highest BCUT2D eigenvalue weighted by Gasteiger charge is 2.19. The Morgan fingerprint density at radius 3 is 1.60 bits per heavy atom. The molecule has 7 aromatic carbocycles. The zero-order valence-corrected chi connectivity index (χ0v) is 31.3. The molecule has 2 aromatic heterocycles. The van der Waals surface area contributed by atoms with Gasteiger partial charge in [-0.05, 0) is 118 Å². The predicted molar refractivity (Wildman–Crippen MR) is 235 cm³/mol. The number of phenols is 1. The summed E-state index contributed by atoms with van der Waals surface area (Å²) in [6, 6.07) is 73.1. The molecule has 1 N–H and O–H groups in total. The molecule has 0 fully saturated rings. The highest BCUT2D eigenvalue weighted by atomic mass is 16.3. The van der Waals surface area contributed by atoms with E-state index >= 15 is 0 Å². The van der Waals surface area contributed by atoms with Crippen molar-refractivity contribution in [3.8, 4) is 61.6 Å². The molecule has 0 aliphatic rings. The number of aromatic hydroxyl groups is 1. The summed E-state index contributed by atoms with van der Waals surface area (Å²) in [7, 11) is 0. The van der Waals surface area contributed by atoms with E-state index in [0.29, 0.717) is 11.3 Å².